The van der Waals surface area contributed by atoms with Crippen LogP contribution in [0.3, 0.4) is 0 Å². The second-order valence-corrected chi connectivity index (χ2v) is 7.18. The van der Waals surface area contributed by atoms with Crippen LogP contribution < -0.4 is 10.0 Å². The molecule has 0 fully saturated rings. The van der Waals surface area contributed by atoms with Crippen LogP contribution in [0.5, 0.6) is 0 Å². The molecule has 8 heteroatoms. The van der Waals surface area contributed by atoms with Crippen molar-refractivity contribution in [3.63, 3.8) is 0 Å². The highest BCUT2D eigenvalue weighted by atomic mass is 32.2. The fourth-order valence-corrected chi connectivity index (χ4v) is 3.52. The largest absolute Gasteiger partial charge is 0.326 e. The lowest BCUT2D eigenvalue weighted by molar-refractivity contribution is -0.116. The van der Waals surface area contributed by atoms with E-state index in [0.29, 0.717) is 17.7 Å². The number of benzene rings is 2. The minimum Gasteiger partial charge on any atom is -0.326 e. The predicted molar refractivity (Wildman–Crippen MR) is 89.2 cm³/mol. The molecule has 0 saturated heterocycles. The van der Waals surface area contributed by atoms with Crippen LogP contribution in [-0.2, 0) is 21.2 Å². The molecule has 2 N–H and O–H groups in total. The second kappa shape index (κ2) is 6.37. The van der Waals surface area contributed by atoms with Crippen molar-refractivity contribution < 1.29 is 18.0 Å². The van der Waals surface area contributed by atoms with E-state index in [1.165, 1.54) is 42.5 Å². The molecule has 2 amide bonds. The van der Waals surface area contributed by atoms with E-state index in [1.807, 2.05) is 10.8 Å². The second-order valence-electron chi connectivity index (χ2n) is 5.49. The minimum absolute atomic E-state index is 0.0628. The average Bonchev–Trinajstić information content (AvgIpc) is 2.60. The molecular weight excluding hydrogens is 342 g/mol. The molecule has 0 atom stereocenters. The van der Waals surface area contributed by atoms with Crippen LogP contribution in [0.2, 0.25) is 0 Å². The number of anilines is 1. The quantitative estimate of drug-likeness (QED) is 0.867. The van der Waals surface area contributed by atoms with Crippen molar-refractivity contribution in [1.82, 2.24) is 4.72 Å². The van der Waals surface area contributed by atoms with Gasteiger partial charge < -0.3 is 5.32 Å². The maximum Gasteiger partial charge on any atom is 0.265 e. The third kappa shape index (κ3) is 3.51. The molecule has 0 spiro atoms. The Labute approximate surface area is 144 Å². The van der Waals surface area contributed by atoms with Crippen molar-refractivity contribution in [2.75, 3.05) is 5.32 Å². The van der Waals surface area contributed by atoms with Gasteiger partial charge in [-0.3, -0.25) is 9.59 Å². The topological polar surface area (TPSA) is 116 Å². The van der Waals surface area contributed by atoms with Gasteiger partial charge in [0, 0.05) is 17.7 Å². The number of hydrogen-bond donors (Lipinski definition) is 2. The van der Waals surface area contributed by atoms with E-state index in [1.54, 1.807) is 0 Å². The lowest BCUT2D eigenvalue weighted by Gasteiger charge is -2.17. The van der Waals surface area contributed by atoms with Crippen LogP contribution in [0, 0.1) is 11.3 Å². The Hall–Kier alpha value is -3.18. The Kier molecular flexibility index (Phi) is 4.25. The number of fused-ring (bicyclic) bond motifs is 1. The lowest BCUT2D eigenvalue weighted by Crippen LogP contribution is -2.31. The summed E-state index contributed by atoms with van der Waals surface area (Å²) >= 11 is 0. The number of nitriles is 1. The molecule has 1 heterocycles. The Morgan fingerprint density at radius 3 is 2.72 bits per heavy atom. The average molecular weight is 355 g/mol. The number of hydrogen-bond acceptors (Lipinski definition) is 5. The van der Waals surface area contributed by atoms with Crippen molar-refractivity contribution in [2.24, 2.45) is 0 Å². The molecule has 7 nitrogen and oxygen atoms in total. The van der Waals surface area contributed by atoms with Gasteiger partial charge in [-0.2, -0.15) is 5.26 Å². The van der Waals surface area contributed by atoms with Gasteiger partial charge in [-0.05, 0) is 48.4 Å². The monoisotopic (exact) mass is 355 g/mol. The van der Waals surface area contributed by atoms with Gasteiger partial charge in [-0.1, -0.05) is 6.07 Å². The van der Waals surface area contributed by atoms with E-state index in [2.05, 4.69) is 5.32 Å². The molecule has 2 aromatic rings. The molecule has 0 aliphatic carbocycles. The summed E-state index contributed by atoms with van der Waals surface area (Å²) in [5.41, 5.74) is 1.60. The van der Waals surface area contributed by atoms with Crippen LogP contribution in [-0.4, -0.2) is 20.2 Å². The highest BCUT2D eigenvalue weighted by Gasteiger charge is 2.22. The normalized spacial score (nSPS) is 13.3. The molecule has 25 heavy (non-hydrogen) atoms. The maximum atomic E-state index is 12.4. The zero-order chi connectivity index (χ0) is 18.0. The lowest BCUT2D eigenvalue weighted by atomic mass is 10.0. The van der Waals surface area contributed by atoms with Crippen LogP contribution in [0.25, 0.3) is 0 Å². The van der Waals surface area contributed by atoms with Crippen molar-refractivity contribution in [3.05, 3.63) is 59.2 Å². The zero-order valence-corrected chi connectivity index (χ0v) is 13.8. The summed E-state index contributed by atoms with van der Waals surface area (Å²) in [7, 11) is -4.07. The van der Waals surface area contributed by atoms with Crippen LogP contribution in [0.1, 0.15) is 27.9 Å². The van der Waals surface area contributed by atoms with E-state index in [9.17, 15) is 18.0 Å². The number of carbonyl (C=O) groups is 2. The van der Waals surface area contributed by atoms with Gasteiger partial charge in [0.25, 0.3) is 15.9 Å². The van der Waals surface area contributed by atoms with E-state index in [-0.39, 0.29) is 28.4 Å². The summed E-state index contributed by atoms with van der Waals surface area (Å²) in [6.45, 7) is 0. The third-order valence-corrected chi connectivity index (χ3v) is 5.09. The number of sulfonamides is 1. The minimum atomic E-state index is -4.07. The first kappa shape index (κ1) is 16.7. The first-order valence-corrected chi connectivity index (χ1v) is 8.87. The van der Waals surface area contributed by atoms with Gasteiger partial charge in [0.2, 0.25) is 5.91 Å². The van der Waals surface area contributed by atoms with Crippen molar-refractivity contribution in [3.8, 4) is 6.07 Å². The SMILES string of the molecule is N#Cc1cccc(C(=O)NS(=O)(=O)c2ccc3c(c2)CCC(=O)N3)c1. The first-order valence-electron chi connectivity index (χ1n) is 7.39. The maximum absolute atomic E-state index is 12.4. The van der Waals surface area contributed by atoms with Gasteiger partial charge in [0.1, 0.15) is 0 Å². The molecule has 1 aliphatic heterocycles. The highest BCUT2D eigenvalue weighted by molar-refractivity contribution is 7.90. The molecule has 126 valence electrons. The number of amides is 2. The van der Waals surface area contributed by atoms with Gasteiger partial charge >= 0.3 is 0 Å². The number of nitrogens with one attached hydrogen (secondary N) is 2. The van der Waals surface area contributed by atoms with Crippen LogP contribution >= 0.6 is 0 Å². The highest BCUT2D eigenvalue weighted by Crippen LogP contribution is 2.25. The smallest absolute Gasteiger partial charge is 0.265 e. The molecule has 1 aliphatic rings. The Morgan fingerprint density at radius 2 is 1.96 bits per heavy atom. The summed E-state index contributed by atoms with van der Waals surface area (Å²) in [5.74, 6) is -0.933. The van der Waals surface area contributed by atoms with Crippen LogP contribution in [0.15, 0.2) is 47.4 Å². The van der Waals surface area contributed by atoms with E-state index in [4.69, 9.17) is 5.26 Å². The number of aryl methyl sites for hydroxylation is 1. The summed E-state index contributed by atoms with van der Waals surface area (Å²) < 4.78 is 26.9. The molecule has 0 bridgehead atoms. The third-order valence-electron chi connectivity index (χ3n) is 3.76. The van der Waals surface area contributed by atoms with E-state index in [0.717, 1.165) is 0 Å². The summed E-state index contributed by atoms with van der Waals surface area (Å²) in [5, 5.41) is 11.5. The molecule has 2 aromatic carbocycles. The Morgan fingerprint density at radius 1 is 1.16 bits per heavy atom. The van der Waals surface area contributed by atoms with E-state index >= 15 is 0 Å². The van der Waals surface area contributed by atoms with Gasteiger partial charge in [0.15, 0.2) is 0 Å². The number of nitrogens with zero attached hydrogens (tertiary/aromatic N) is 1. The molecular formula is C17H13N3O4S. The molecule has 0 unspecified atom stereocenters. The van der Waals surface area contributed by atoms with Crippen molar-refractivity contribution in [1.29, 1.82) is 5.26 Å². The molecule has 0 radical (unpaired) electrons. The van der Waals surface area contributed by atoms with Gasteiger partial charge in [-0.25, -0.2) is 13.1 Å². The van der Waals surface area contributed by atoms with Crippen molar-refractivity contribution in [2.45, 2.75) is 17.7 Å². The Bertz CT molecular complexity index is 1020. The summed E-state index contributed by atoms with van der Waals surface area (Å²) in [6, 6.07) is 11.9. The predicted octanol–water partition coefficient (Wildman–Crippen LogP) is 1.56. The fraction of sp³-hybridized carbons (Fsp3) is 0.118. The van der Waals surface area contributed by atoms with Gasteiger partial charge in [0.05, 0.1) is 16.5 Å². The number of rotatable bonds is 3. The van der Waals surface area contributed by atoms with E-state index < -0.39 is 15.9 Å². The zero-order valence-electron chi connectivity index (χ0n) is 12.9. The van der Waals surface area contributed by atoms with Crippen molar-refractivity contribution >= 4 is 27.5 Å². The molecule has 0 aromatic heterocycles. The standard InChI is InChI=1S/C17H13N3O4S/c18-10-11-2-1-3-13(8-11)17(22)20-25(23,24)14-5-6-15-12(9-14)4-7-16(21)19-15/h1-3,5-6,8-9H,4,7H2,(H,19,21)(H,20,22). The summed E-state index contributed by atoms with van der Waals surface area (Å²) in [4.78, 5) is 23.5. The Balaban J connectivity index is 1.86. The molecule has 3 rings (SSSR count). The fourth-order valence-electron chi connectivity index (χ4n) is 2.50. The van der Waals surface area contributed by atoms with Crippen LogP contribution in [0.4, 0.5) is 5.69 Å². The number of carbonyl (C=O) groups excluding carboxylic acids is 2. The first-order chi connectivity index (χ1) is 11.9. The molecule has 0 saturated carbocycles. The van der Waals surface area contributed by atoms with Gasteiger partial charge in [-0.15, -0.1) is 0 Å². The summed E-state index contributed by atoms with van der Waals surface area (Å²) in [6.07, 6.45) is 0.715.